The van der Waals surface area contributed by atoms with E-state index >= 15 is 8.78 Å². The van der Waals surface area contributed by atoms with Crippen LogP contribution < -0.4 is 15.6 Å². The molecule has 11 heteroatoms. The van der Waals surface area contributed by atoms with E-state index in [0.29, 0.717) is 25.9 Å². The molecule has 2 atom stereocenters. The van der Waals surface area contributed by atoms with Crippen molar-refractivity contribution in [2.75, 3.05) is 31.1 Å². The number of amides is 1. The maximum atomic E-state index is 16.3. The molecule has 5 rings (SSSR count). The number of pyridine rings is 1. The molecule has 1 aromatic heterocycles. The summed E-state index contributed by atoms with van der Waals surface area (Å²) in [6.45, 7) is 9.81. The summed E-state index contributed by atoms with van der Waals surface area (Å²) >= 11 is 0. The molecule has 3 aliphatic rings. The van der Waals surface area contributed by atoms with Gasteiger partial charge in [0, 0.05) is 43.4 Å². The van der Waals surface area contributed by atoms with Gasteiger partial charge in [-0.1, -0.05) is 12.7 Å². The van der Waals surface area contributed by atoms with Crippen LogP contribution in [0.3, 0.4) is 0 Å². The summed E-state index contributed by atoms with van der Waals surface area (Å²) in [5.41, 5.74) is -3.75. The van der Waals surface area contributed by atoms with Gasteiger partial charge in [-0.15, -0.1) is 0 Å². The lowest BCUT2D eigenvalue weighted by Crippen LogP contribution is -2.49. The number of anilines is 1. The molecule has 3 fully saturated rings. The molecule has 204 valence electrons. The van der Waals surface area contributed by atoms with Crippen LogP contribution in [0, 0.1) is 17.6 Å². The van der Waals surface area contributed by atoms with Crippen molar-refractivity contribution in [2.24, 2.45) is 5.92 Å². The van der Waals surface area contributed by atoms with E-state index in [0.717, 1.165) is 12.3 Å². The molecule has 2 aromatic rings. The van der Waals surface area contributed by atoms with Crippen LogP contribution in [-0.4, -0.2) is 59.2 Å². The Morgan fingerprint density at radius 1 is 1.29 bits per heavy atom. The molecule has 38 heavy (non-hydrogen) atoms. The zero-order chi connectivity index (χ0) is 27.6. The van der Waals surface area contributed by atoms with Crippen LogP contribution in [0.15, 0.2) is 17.6 Å². The van der Waals surface area contributed by atoms with Crippen molar-refractivity contribution in [3.63, 3.8) is 0 Å². The van der Waals surface area contributed by atoms with Crippen molar-refractivity contribution in [2.45, 2.75) is 57.3 Å². The van der Waals surface area contributed by atoms with Crippen molar-refractivity contribution in [3.8, 4) is 0 Å². The average Bonchev–Trinajstić information content (AvgIpc) is 3.50. The first kappa shape index (κ1) is 26.1. The molecule has 1 amide bonds. The van der Waals surface area contributed by atoms with Gasteiger partial charge in [0.2, 0.25) is 5.43 Å². The third-order valence-corrected chi connectivity index (χ3v) is 7.49. The van der Waals surface area contributed by atoms with E-state index in [-0.39, 0.29) is 53.7 Å². The molecule has 2 unspecified atom stereocenters. The molecule has 2 aliphatic heterocycles. The van der Waals surface area contributed by atoms with Gasteiger partial charge in [-0.3, -0.25) is 4.79 Å². The maximum Gasteiger partial charge on any atom is 0.407 e. The molecule has 0 bridgehead atoms. The summed E-state index contributed by atoms with van der Waals surface area (Å²) in [7, 11) is 0. The Morgan fingerprint density at radius 3 is 2.61 bits per heavy atom. The van der Waals surface area contributed by atoms with E-state index < -0.39 is 45.9 Å². The minimum absolute atomic E-state index is 0.100. The van der Waals surface area contributed by atoms with Gasteiger partial charge in [-0.05, 0) is 40.0 Å². The minimum Gasteiger partial charge on any atom is -0.477 e. The number of nitrogens with zero attached hydrogens (tertiary/aromatic N) is 2. The lowest BCUT2D eigenvalue weighted by Gasteiger charge is -2.30. The predicted octanol–water partition coefficient (Wildman–Crippen LogP) is 4.08. The van der Waals surface area contributed by atoms with Crippen molar-refractivity contribution < 1.29 is 33.0 Å². The summed E-state index contributed by atoms with van der Waals surface area (Å²) in [5, 5.41) is 12.0. The summed E-state index contributed by atoms with van der Waals surface area (Å²) in [6, 6.07) is -0.188. The highest BCUT2D eigenvalue weighted by atomic mass is 19.1. The van der Waals surface area contributed by atoms with Crippen LogP contribution >= 0.6 is 0 Å². The highest BCUT2D eigenvalue weighted by Gasteiger charge is 2.52. The van der Waals surface area contributed by atoms with Gasteiger partial charge in [0.15, 0.2) is 11.6 Å². The topological polar surface area (TPSA) is 110 Å². The third-order valence-electron chi connectivity index (χ3n) is 7.49. The molecule has 1 aliphatic carbocycles. The number of fused-ring (bicyclic) bond motifs is 2. The first-order chi connectivity index (χ1) is 17.9. The van der Waals surface area contributed by atoms with Crippen molar-refractivity contribution in [3.05, 3.63) is 45.8 Å². The number of ether oxygens (including phenoxy) is 2. The number of carbonyl (C=O) groups is 2. The van der Waals surface area contributed by atoms with Crippen molar-refractivity contribution >= 4 is 34.7 Å². The molecule has 0 radical (unpaired) electrons. The summed E-state index contributed by atoms with van der Waals surface area (Å²) in [4.78, 5) is 38.7. The van der Waals surface area contributed by atoms with E-state index in [1.807, 2.05) is 0 Å². The van der Waals surface area contributed by atoms with E-state index in [1.54, 1.807) is 25.7 Å². The molecule has 9 nitrogen and oxygen atoms in total. The second kappa shape index (κ2) is 9.07. The Hall–Kier alpha value is -3.47. The molecular formula is C27H31F2N3O6. The molecular weight excluding hydrogens is 500 g/mol. The SMILES string of the molecule is C=Cc1c(F)c(N2CC3CCOC3(CNC(=O)OC(C)(C)C)C2)c(F)c2c1c(=O)c(C(=O)O)cn2C1CC1. The van der Waals surface area contributed by atoms with Gasteiger partial charge >= 0.3 is 12.1 Å². The Labute approximate surface area is 218 Å². The number of carboxylic acid groups (broad SMARTS) is 1. The van der Waals surface area contributed by atoms with Gasteiger partial charge in [0.25, 0.3) is 0 Å². The Kier molecular flexibility index (Phi) is 6.24. The lowest BCUT2D eigenvalue weighted by atomic mass is 9.91. The first-order valence-electron chi connectivity index (χ1n) is 12.7. The fourth-order valence-electron chi connectivity index (χ4n) is 5.64. The van der Waals surface area contributed by atoms with Crippen LogP contribution in [0.2, 0.25) is 0 Å². The number of benzene rings is 1. The Morgan fingerprint density at radius 2 is 2.00 bits per heavy atom. The number of nitrogens with one attached hydrogen (secondary N) is 1. The van der Waals surface area contributed by atoms with Crippen LogP contribution in [0.25, 0.3) is 17.0 Å². The smallest absolute Gasteiger partial charge is 0.407 e. The lowest BCUT2D eigenvalue weighted by molar-refractivity contribution is -0.000290. The second-order valence-corrected chi connectivity index (χ2v) is 11.3. The highest BCUT2D eigenvalue weighted by Crippen LogP contribution is 2.45. The zero-order valence-electron chi connectivity index (χ0n) is 21.6. The fourth-order valence-corrected chi connectivity index (χ4v) is 5.64. The molecule has 1 aromatic carbocycles. The highest BCUT2D eigenvalue weighted by molar-refractivity contribution is 5.98. The normalized spacial score (nSPS) is 23.0. The number of hydrogen-bond donors (Lipinski definition) is 2. The summed E-state index contributed by atoms with van der Waals surface area (Å²) < 4.78 is 45.1. The standard InChI is InChI=1S/C27H31F2N3O6/c1-5-16-18-21(32(15-6-7-15)11-17(23(18)33)24(34)35)20(29)22(19(16)28)31-10-14-8-9-37-27(14,13-31)12-30-25(36)38-26(2,3)4/h5,11,14-15H,1,6-10,12-13H2,2-4H3,(H,30,36)(H,34,35). The van der Waals surface area contributed by atoms with E-state index in [2.05, 4.69) is 11.9 Å². The number of carbonyl (C=O) groups excluding carboxylic acids is 1. The number of hydrogen-bond acceptors (Lipinski definition) is 6. The van der Waals surface area contributed by atoms with E-state index in [1.165, 1.54) is 4.57 Å². The van der Waals surface area contributed by atoms with Crippen LogP contribution in [0.5, 0.6) is 0 Å². The molecule has 0 spiro atoms. The zero-order valence-corrected chi connectivity index (χ0v) is 21.6. The Balaban J connectivity index is 1.58. The number of aromatic carboxylic acids is 1. The van der Waals surface area contributed by atoms with Gasteiger partial charge in [-0.2, -0.15) is 0 Å². The number of rotatable bonds is 6. The van der Waals surface area contributed by atoms with E-state index in [9.17, 15) is 19.5 Å². The number of halogens is 2. The van der Waals surface area contributed by atoms with Gasteiger partial charge < -0.3 is 29.4 Å². The first-order valence-corrected chi connectivity index (χ1v) is 12.7. The van der Waals surface area contributed by atoms with Crippen LogP contribution in [0.4, 0.5) is 19.3 Å². The van der Waals surface area contributed by atoms with Gasteiger partial charge in [0.05, 0.1) is 17.4 Å². The van der Waals surface area contributed by atoms with Crippen LogP contribution in [-0.2, 0) is 9.47 Å². The second-order valence-electron chi connectivity index (χ2n) is 11.3. The molecule has 1 saturated carbocycles. The summed E-state index contributed by atoms with van der Waals surface area (Å²) in [6.07, 6.45) is 3.68. The monoisotopic (exact) mass is 531 g/mol. The number of carboxylic acids is 1. The Bertz CT molecular complexity index is 1410. The van der Waals surface area contributed by atoms with Crippen molar-refractivity contribution in [1.82, 2.24) is 9.88 Å². The molecule has 3 heterocycles. The van der Waals surface area contributed by atoms with Gasteiger partial charge in [0.1, 0.15) is 22.5 Å². The third kappa shape index (κ3) is 4.32. The number of aromatic nitrogens is 1. The molecule has 2 saturated heterocycles. The fraction of sp³-hybridized carbons (Fsp3) is 0.519. The number of alkyl carbamates (subject to hydrolysis) is 1. The van der Waals surface area contributed by atoms with Crippen LogP contribution in [0.1, 0.15) is 62.0 Å². The summed E-state index contributed by atoms with van der Waals surface area (Å²) in [5.74, 6) is -3.49. The maximum absolute atomic E-state index is 16.3. The van der Waals surface area contributed by atoms with Crippen molar-refractivity contribution in [1.29, 1.82) is 0 Å². The molecule has 2 N–H and O–H groups in total. The largest absolute Gasteiger partial charge is 0.477 e. The minimum atomic E-state index is -1.46. The predicted molar refractivity (Wildman–Crippen MR) is 137 cm³/mol. The van der Waals surface area contributed by atoms with E-state index in [4.69, 9.17) is 9.47 Å². The quantitative estimate of drug-likeness (QED) is 0.578. The van der Waals surface area contributed by atoms with Gasteiger partial charge in [-0.25, -0.2) is 18.4 Å². The average molecular weight is 532 g/mol.